The van der Waals surface area contributed by atoms with Crippen LogP contribution in [0.5, 0.6) is 0 Å². The molecule has 100 valence electrons. The Hall–Kier alpha value is -1.00. The van der Waals surface area contributed by atoms with Crippen LogP contribution in [0.1, 0.15) is 31.4 Å². The highest BCUT2D eigenvalue weighted by Gasteiger charge is 2.37. The number of likely N-dealkylation sites (N-methyl/N-ethyl adjacent to an activating group) is 1. The standard InChI is InChI=1S/C14H19F2NO/c1-3-17-13(14(18-2)9-4-5-9)10-6-11(15)8-12(16)7-10/h6-9,13-14,17H,3-5H2,1-2H3. The molecule has 0 bridgehead atoms. The maximum absolute atomic E-state index is 13.3. The summed E-state index contributed by atoms with van der Waals surface area (Å²) in [5.74, 6) is -0.595. The summed E-state index contributed by atoms with van der Waals surface area (Å²) in [6.07, 6.45) is 2.22. The first-order valence-corrected chi connectivity index (χ1v) is 6.38. The first-order valence-electron chi connectivity index (χ1n) is 6.38. The molecule has 4 heteroatoms. The average Bonchev–Trinajstić information content (AvgIpc) is 3.12. The van der Waals surface area contributed by atoms with E-state index in [2.05, 4.69) is 5.32 Å². The first-order chi connectivity index (χ1) is 8.65. The van der Waals surface area contributed by atoms with Crippen LogP contribution in [-0.4, -0.2) is 19.8 Å². The molecule has 0 aliphatic heterocycles. The number of rotatable bonds is 6. The second-order valence-electron chi connectivity index (χ2n) is 4.78. The van der Waals surface area contributed by atoms with Gasteiger partial charge in [-0.1, -0.05) is 6.92 Å². The molecule has 1 aliphatic rings. The van der Waals surface area contributed by atoms with Gasteiger partial charge < -0.3 is 10.1 Å². The monoisotopic (exact) mass is 255 g/mol. The molecule has 0 saturated heterocycles. The van der Waals surface area contributed by atoms with Gasteiger partial charge in [0.15, 0.2) is 0 Å². The van der Waals surface area contributed by atoms with E-state index >= 15 is 0 Å². The summed E-state index contributed by atoms with van der Waals surface area (Å²) >= 11 is 0. The van der Waals surface area contributed by atoms with Crippen molar-refractivity contribution in [2.75, 3.05) is 13.7 Å². The zero-order chi connectivity index (χ0) is 13.1. The largest absolute Gasteiger partial charge is 0.379 e. The third kappa shape index (κ3) is 3.06. The minimum absolute atomic E-state index is 0.0221. The van der Waals surface area contributed by atoms with E-state index in [0.717, 1.165) is 25.5 Å². The van der Waals surface area contributed by atoms with Crippen LogP contribution in [0.4, 0.5) is 8.78 Å². The average molecular weight is 255 g/mol. The topological polar surface area (TPSA) is 21.3 Å². The maximum Gasteiger partial charge on any atom is 0.126 e. The van der Waals surface area contributed by atoms with Gasteiger partial charge in [-0.3, -0.25) is 0 Å². The number of ether oxygens (including phenoxy) is 1. The molecule has 2 atom stereocenters. The lowest BCUT2D eigenvalue weighted by Crippen LogP contribution is -2.34. The van der Waals surface area contributed by atoms with E-state index in [0.29, 0.717) is 11.5 Å². The van der Waals surface area contributed by atoms with E-state index in [1.807, 2.05) is 6.92 Å². The Morgan fingerprint density at radius 1 is 1.28 bits per heavy atom. The lowest BCUT2D eigenvalue weighted by Gasteiger charge is -2.27. The maximum atomic E-state index is 13.3. The summed E-state index contributed by atoms with van der Waals surface area (Å²) in [5.41, 5.74) is 0.619. The van der Waals surface area contributed by atoms with Crippen molar-refractivity contribution in [3.05, 3.63) is 35.4 Å². The molecule has 1 saturated carbocycles. The molecule has 0 aromatic heterocycles. The molecule has 18 heavy (non-hydrogen) atoms. The molecule has 2 unspecified atom stereocenters. The Balaban J connectivity index is 2.27. The van der Waals surface area contributed by atoms with Crippen LogP contribution in [0, 0.1) is 17.6 Å². The third-order valence-electron chi connectivity index (χ3n) is 3.36. The van der Waals surface area contributed by atoms with Crippen LogP contribution < -0.4 is 5.32 Å². The Kier molecular flexibility index (Phi) is 4.30. The van der Waals surface area contributed by atoms with Crippen molar-refractivity contribution in [1.29, 1.82) is 0 Å². The van der Waals surface area contributed by atoms with Crippen LogP contribution in [0.15, 0.2) is 18.2 Å². The Labute approximate surface area is 106 Å². The fourth-order valence-electron chi connectivity index (χ4n) is 2.42. The number of benzene rings is 1. The summed E-state index contributed by atoms with van der Waals surface area (Å²) in [6.45, 7) is 2.71. The van der Waals surface area contributed by atoms with Gasteiger partial charge in [-0.25, -0.2) is 8.78 Å². The van der Waals surface area contributed by atoms with E-state index in [9.17, 15) is 8.78 Å². The summed E-state index contributed by atoms with van der Waals surface area (Å²) in [5, 5.41) is 3.27. The lowest BCUT2D eigenvalue weighted by molar-refractivity contribution is 0.0510. The highest BCUT2D eigenvalue weighted by molar-refractivity contribution is 5.23. The molecule has 0 amide bonds. The quantitative estimate of drug-likeness (QED) is 0.843. The van der Waals surface area contributed by atoms with Crippen molar-refractivity contribution >= 4 is 0 Å². The van der Waals surface area contributed by atoms with Crippen molar-refractivity contribution in [3.63, 3.8) is 0 Å². The van der Waals surface area contributed by atoms with E-state index in [4.69, 9.17) is 4.74 Å². The molecule has 1 aromatic rings. The summed E-state index contributed by atoms with van der Waals surface area (Å²) in [4.78, 5) is 0. The van der Waals surface area contributed by atoms with Crippen molar-refractivity contribution in [2.45, 2.75) is 31.9 Å². The molecule has 0 spiro atoms. The molecule has 1 fully saturated rings. The van der Waals surface area contributed by atoms with Gasteiger partial charge in [0, 0.05) is 13.2 Å². The van der Waals surface area contributed by atoms with E-state index in [1.54, 1.807) is 7.11 Å². The fraction of sp³-hybridized carbons (Fsp3) is 0.571. The molecule has 2 nitrogen and oxygen atoms in total. The number of hydrogen-bond donors (Lipinski definition) is 1. The summed E-state index contributed by atoms with van der Waals surface area (Å²) in [6, 6.07) is 3.50. The minimum Gasteiger partial charge on any atom is -0.379 e. The highest BCUT2D eigenvalue weighted by Crippen LogP contribution is 2.39. The summed E-state index contributed by atoms with van der Waals surface area (Å²) < 4.78 is 32.1. The van der Waals surface area contributed by atoms with Gasteiger partial charge >= 0.3 is 0 Å². The van der Waals surface area contributed by atoms with Crippen molar-refractivity contribution in [1.82, 2.24) is 5.32 Å². The van der Waals surface area contributed by atoms with E-state index < -0.39 is 11.6 Å². The molecular formula is C14H19F2NO. The zero-order valence-corrected chi connectivity index (χ0v) is 10.7. The van der Waals surface area contributed by atoms with E-state index in [-0.39, 0.29) is 12.1 Å². The Bertz CT molecular complexity index is 387. The predicted octanol–water partition coefficient (Wildman–Crippen LogP) is 3.04. The van der Waals surface area contributed by atoms with Gasteiger partial charge in [0.05, 0.1) is 12.1 Å². The van der Waals surface area contributed by atoms with Crippen LogP contribution in [-0.2, 0) is 4.74 Å². The number of hydrogen-bond acceptors (Lipinski definition) is 2. The molecule has 0 radical (unpaired) electrons. The highest BCUT2D eigenvalue weighted by atomic mass is 19.1. The molecule has 0 heterocycles. The van der Waals surface area contributed by atoms with Crippen molar-refractivity contribution in [3.8, 4) is 0 Å². The van der Waals surface area contributed by atoms with Gasteiger partial charge in [-0.2, -0.15) is 0 Å². The zero-order valence-electron chi connectivity index (χ0n) is 10.7. The Morgan fingerprint density at radius 2 is 1.89 bits per heavy atom. The van der Waals surface area contributed by atoms with Crippen molar-refractivity contribution in [2.24, 2.45) is 5.92 Å². The fourth-order valence-corrected chi connectivity index (χ4v) is 2.42. The summed E-state index contributed by atoms with van der Waals surface area (Å²) in [7, 11) is 1.66. The second-order valence-corrected chi connectivity index (χ2v) is 4.78. The van der Waals surface area contributed by atoms with Crippen LogP contribution >= 0.6 is 0 Å². The molecule has 1 aliphatic carbocycles. The van der Waals surface area contributed by atoms with Gasteiger partial charge in [0.1, 0.15) is 11.6 Å². The van der Waals surface area contributed by atoms with Crippen LogP contribution in [0.3, 0.4) is 0 Å². The number of halogens is 2. The lowest BCUT2D eigenvalue weighted by atomic mass is 9.97. The van der Waals surface area contributed by atoms with Gasteiger partial charge in [0.25, 0.3) is 0 Å². The first kappa shape index (κ1) is 13.4. The number of methoxy groups -OCH3 is 1. The third-order valence-corrected chi connectivity index (χ3v) is 3.36. The smallest absolute Gasteiger partial charge is 0.126 e. The second kappa shape index (κ2) is 5.76. The van der Waals surface area contributed by atoms with Crippen LogP contribution in [0.25, 0.3) is 0 Å². The predicted molar refractivity (Wildman–Crippen MR) is 66.3 cm³/mol. The molecular weight excluding hydrogens is 236 g/mol. The van der Waals surface area contributed by atoms with Gasteiger partial charge in [0.2, 0.25) is 0 Å². The van der Waals surface area contributed by atoms with Gasteiger partial charge in [-0.15, -0.1) is 0 Å². The SMILES string of the molecule is CCNC(c1cc(F)cc(F)c1)C(OC)C1CC1. The number of nitrogens with one attached hydrogen (secondary N) is 1. The minimum atomic E-state index is -0.543. The molecule has 2 rings (SSSR count). The van der Waals surface area contributed by atoms with Crippen LogP contribution in [0.2, 0.25) is 0 Å². The molecule has 1 N–H and O–H groups in total. The molecule has 1 aromatic carbocycles. The normalized spacial score (nSPS) is 18.7. The Morgan fingerprint density at radius 3 is 2.33 bits per heavy atom. The van der Waals surface area contributed by atoms with Crippen molar-refractivity contribution < 1.29 is 13.5 Å². The van der Waals surface area contributed by atoms with Gasteiger partial charge in [-0.05, 0) is 43.0 Å². The van der Waals surface area contributed by atoms with E-state index in [1.165, 1.54) is 12.1 Å².